The number of piperidine rings is 1. The van der Waals surface area contributed by atoms with Crippen LogP contribution in [0.15, 0.2) is 47.4 Å². The van der Waals surface area contributed by atoms with Crippen LogP contribution in [-0.4, -0.2) is 51.3 Å². The Labute approximate surface area is 194 Å². The zero-order valence-corrected chi connectivity index (χ0v) is 19.7. The molecule has 33 heavy (non-hydrogen) atoms. The number of rotatable bonds is 6. The molecule has 0 radical (unpaired) electrons. The number of carbonyl (C=O) groups is 2. The number of nitrogens with one attached hydrogen (secondary N) is 1. The molecule has 0 aliphatic carbocycles. The van der Waals surface area contributed by atoms with Gasteiger partial charge in [0.1, 0.15) is 5.75 Å². The van der Waals surface area contributed by atoms with Gasteiger partial charge in [-0.3, -0.25) is 9.59 Å². The number of anilines is 2. The van der Waals surface area contributed by atoms with E-state index in [4.69, 9.17) is 4.74 Å². The van der Waals surface area contributed by atoms with Gasteiger partial charge >= 0.3 is 0 Å². The van der Waals surface area contributed by atoms with Crippen molar-refractivity contribution in [1.82, 2.24) is 4.31 Å². The fourth-order valence-electron chi connectivity index (χ4n) is 4.36. The minimum absolute atomic E-state index is 0.0781. The maximum atomic E-state index is 13.0. The zero-order valence-electron chi connectivity index (χ0n) is 18.9. The Bertz CT molecular complexity index is 1160. The summed E-state index contributed by atoms with van der Waals surface area (Å²) < 4.78 is 32.8. The van der Waals surface area contributed by atoms with E-state index < -0.39 is 15.9 Å². The van der Waals surface area contributed by atoms with Crippen LogP contribution in [0.2, 0.25) is 0 Å². The van der Waals surface area contributed by atoms with E-state index in [1.807, 2.05) is 19.1 Å². The third-order valence-electron chi connectivity index (χ3n) is 6.18. The van der Waals surface area contributed by atoms with E-state index in [1.165, 1.54) is 10.4 Å². The van der Waals surface area contributed by atoms with Crippen LogP contribution in [0.1, 0.15) is 31.2 Å². The third kappa shape index (κ3) is 4.89. The first-order valence-electron chi connectivity index (χ1n) is 11.2. The summed E-state index contributed by atoms with van der Waals surface area (Å²) in [5.41, 5.74) is 2.03. The summed E-state index contributed by atoms with van der Waals surface area (Å²) in [6.07, 6.45) is 2.82. The Hall–Kier alpha value is -2.91. The predicted molar refractivity (Wildman–Crippen MR) is 126 cm³/mol. The van der Waals surface area contributed by atoms with E-state index in [9.17, 15) is 18.0 Å². The fourth-order valence-corrected chi connectivity index (χ4v) is 5.92. The molecule has 0 spiro atoms. The summed E-state index contributed by atoms with van der Waals surface area (Å²) in [6, 6.07) is 11.9. The highest BCUT2D eigenvalue weighted by molar-refractivity contribution is 7.89. The maximum absolute atomic E-state index is 13.0. The van der Waals surface area contributed by atoms with E-state index in [0.717, 1.165) is 24.8 Å². The molecule has 1 atom stereocenters. The lowest BCUT2D eigenvalue weighted by Gasteiger charge is -2.26. The van der Waals surface area contributed by atoms with Crippen molar-refractivity contribution in [1.29, 1.82) is 0 Å². The van der Waals surface area contributed by atoms with Gasteiger partial charge in [-0.1, -0.05) is 18.6 Å². The van der Waals surface area contributed by atoms with Crippen LogP contribution in [0.3, 0.4) is 0 Å². The van der Waals surface area contributed by atoms with E-state index in [-0.39, 0.29) is 29.7 Å². The molecule has 2 fully saturated rings. The Morgan fingerprint density at radius 3 is 2.58 bits per heavy atom. The Kier molecular flexibility index (Phi) is 6.71. The molecule has 176 valence electrons. The number of benzene rings is 2. The molecule has 0 aromatic heterocycles. The van der Waals surface area contributed by atoms with Crippen molar-refractivity contribution in [2.45, 2.75) is 37.5 Å². The molecule has 2 aromatic rings. The summed E-state index contributed by atoms with van der Waals surface area (Å²) in [5.74, 6) is -0.443. The molecule has 2 heterocycles. The summed E-state index contributed by atoms with van der Waals surface area (Å²) in [4.78, 5) is 27.4. The highest BCUT2D eigenvalue weighted by atomic mass is 32.2. The molecule has 2 amide bonds. The molecule has 9 heteroatoms. The van der Waals surface area contributed by atoms with Crippen LogP contribution >= 0.6 is 0 Å². The van der Waals surface area contributed by atoms with Crippen molar-refractivity contribution in [2.75, 3.05) is 37.0 Å². The zero-order chi connectivity index (χ0) is 23.6. The topological polar surface area (TPSA) is 96.0 Å². The third-order valence-corrected chi connectivity index (χ3v) is 8.07. The number of hydrogen-bond acceptors (Lipinski definition) is 5. The van der Waals surface area contributed by atoms with E-state index >= 15 is 0 Å². The molecule has 2 saturated heterocycles. The summed E-state index contributed by atoms with van der Waals surface area (Å²) in [6.45, 7) is 3.19. The second kappa shape index (κ2) is 9.52. The molecule has 0 saturated carbocycles. The second-order valence-corrected chi connectivity index (χ2v) is 10.5. The number of carbonyl (C=O) groups excluding carboxylic acids is 2. The van der Waals surface area contributed by atoms with Crippen molar-refractivity contribution in [3.8, 4) is 5.75 Å². The van der Waals surface area contributed by atoms with Crippen LogP contribution in [0.5, 0.6) is 5.75 Å². The van der Waals surface area contributed by atoms with Gasteiger partial charge in [0.25, 0.3) is 0 Å². The van der Waals surface area contributed by atoms with Gasteiger partial charge < -0.3 is 15.0 Å². The first-order valence-corrected chi connectivity index (χ1v) is 12.6. The molecule has 2 aliphatic rings. The minimum Gasteiger partial charge on any atom is -0.495 e. The van der Waals surface area contributed by atoms with Gasteiger partial charge in [-0.2, -0.15) is 4.31 Å². The van der Waals surface area contributed by atoms with Gasteiger partial charge in [-0.05, 0) is 55.7 Å². The average Bonchev–Trinajstić information content (AvgIpc) is 3.21. The van der Waals surface area contributed by atoms with E-state index in [2.05, 4.69) is 5.32 Å². The largest absolute Gasteiger partial charge is 0.495 e. The average molecular weight is 472 g/mol. The Balaban J connectivity index is 1.48. The van der Waals surface area contributed by atoms with Gasteiger partial charge in [0.05, 0.1) is 23.6 Å². The molecule has 1 unspecified atom stereocenters. The normalized spacial score (nSPS) is 19.5. The lowest BCUT2D eigenvalue weighted by molar-refractivity contribution is -0.122. The smallest absolute Gasteiger partial charge is 0.243 e. The summed E-state index contributed by atoms with van der Waals surface area (Å²) >= 11 is 0. The Morgan fingerprint density at radius 1 is 1.09 bits per heavy atom. The van der Waals surface area contributed by atoms with E-state index in [1.54, 1.807) is 36.3 Å². The van der Waals surface area contributed by atoms with Crippen molar-refractivity contribution < 1.29 is 22.7 Å². The lowest BCUT2D eigenvalue weighted by Crippen LogP contribution is -2.35. The number of amides is 2. The number of methoxy groups -OCH3 is 1. The number of sulfonamides is 1. The molecule has 8 nitrogen and oxygen atoms in total. The van der Waals surface area contributed by atoms with Crippen LogP contribution in [-0.2, 0) is 19.6 Å². The molecular weight excluding hydrogens is 442 g/mol. The lowest BCUT2D eigenvalue weighted by atomic mass is 10.1. The van der Waals surface area contributed by atoms with Gasteiger partial charge in [0.2, 0.25) is 21.8 Å². The second-order valence-electron chi connectivity index (χ2n) is 8.56. The van der Waals surface area contributed by atoms with Crippen LogP contribution in [0.4, 0.5) is 11.4 Å². The summed E-state index contributed by atoms with van der Waals surface area (Å²) in [7, 11) is -2.05. The summed E-state index contributed by atoms with van der Waals surface area (Å²) in [5, 5.41) is 2.80. The van der Waals surface area contributed by atoms with Gasteiger partial charge in [-0.25, -0.2) is 8.42 Å². The van der Waals surface area contributed by atoms with Crippen LogP contribution in [0, 0.1) is 12.8 Å². The fraction of sp³-hybridized carbons (Fsp3) is 0.417. The van der Waals surface area contributed by atoms with Crippen LogP contribution < -0.4 is 15.0 Å². The Morgan fingerprint density at radius 2 is 1.85 bits per heavy atom. The molecule has 1 N–H and O–H groups in total. The van der Waals surface area contributed by atoms with Crippen molar-refractivity contribution in [3.63, 3.8) is 0 Å². The SMILES string of the molecule is COc1ccc(C)cc1N1CC(C(=O)Nc2cccc(S(=O)(=O)N3CCCCC3)c2)CC1=O. The first kappa shape index (κ1) is 23.3. The number of aryl methyl sites for hydroxylation is 1. The highest BCUT2D eigenvalue weighted by Gasteiger charge is 2.36. The monoisotopic (exact) mass is 471 g/mol. The highest BCUT2D eigenvalue weighted by Crippen LogP contribution is 2.34. The van der Waals surface area contributed by atoms with E-state index in [0.29, 0.717) is 30.2 Å². The van der Waals surface area contributed by atoms with Crippen molar-refractivity contribution >= 4 is 33.2 Å². The predicted octanol–water partition coefficient (Wildman–Crippen LogP) is 3.17. The maximum Gasteiger partial charge on any atom is 0.243 e. The van der Waals surface area contributed by atoms with Crippen molar-refractivity contribution in [3.05, 3.63) is 48.0 Å². The van der Waals surface area contributed by atoms with Crippen LogP contribution in [0.25, 0.3) is 0 Å². The molecule has 4 rings (SSSR count). The number of ether oxygens (including phenoxy) is 1. The number of nitrogens with zero attached hydrogens (tertiary/aromatic N) is 2. The first-order chi connectivity index (χ1) is 15.8. The number of hydrogen-bond donors (Lipinski definition) is 1. The molecule has 2 aromatic carbocycles. The molecular formula is C24H29N3O5S. The van der Waals surface area contributed by atoms with Gasteiger partial charge in [0, 0.05) is 31.7 Å². The van der Waals surface area contributed by atoms with Gasteiger partial charge in [-0.15, -0.1) is 0 Å². The molecule has 0 bridgehead atoms. The minimum atomic E-state index is -3.60. The molecule has 2 aliphatic heterocycles. The van der Waals surface area contributed by atoms with Crippen molar-refractivity contribution in [2.24, 2.45) is 5.92 Å². The standard InChI is InChI=1S/C24H29N3O5S/c1-17-9-10-22(32-2)21(13-17)27-16-18(14-23(27)28)24(29)25-19-7-6-8-20(15-19)33(30,31)26-11-4-3-5-12-26/h6-10,13,15,18H,3-5,11-12,14,16H2,1-2H3,(H,25,29). The quantitative estimate of drug-likeness (QED) is 0.698. The van der Waals surface area contributed by atoms with Gasteiger partial charge in [0.15, 0.2) is 0 Å².